The summed E-state index contributed by atoms with van der Waals surface area (Å²) in [5.41, 5.74) is 0. The first-order chi connectivity index (χ1) is 7.20. The molecule has 1 aliphatic rings. The van der Waals surface area contributed by atoms with Gasteiger partial charge in [-0.1, -0.05) is 12.1 Å². The Bertz CT molecular complexity index is 325. The zero-order valence-electron chi connectivity index (χ0n) is 9.01. The van der Waals surface area contributed by atoms with Crippen molar-refractivity contribution >= 4 is 11.8 Å². The first-order valence-corrected chi connectivity index (χ1v) is 6.24. The molecule has 0 aromatic carbocycles. The molecule has 1 saturated carbocycles. The highest BCUT2D eigenvalue weighted by Gasteiger charge is 2.29. The quantitative estimate of drug-likeness (QED) is 0.836. The second-order valence-corrected chi connectivity index (χ2v) is 5.82. The Morgan fingerprint density at radius 3 is 2.87 bits per heavy atom. The van der Waals surface area contributed by atoms with Gasteiger partial charge in [0, 0.05) is 11.2 Å². The normalized spacial score (nSPS) is 20.2. The first kappa shape index (κ1) is 11.0. The smallest absolute Gasteiger partial charge is 0.239 e. The molecule has 0 amide bonds. The summed E-state index contributed by atoms with van der Waals surface area (Å²) in [4.78, 5) is 4.38. The molecule has 2 rings (SSSR count). The molecular formula is C10H16N2O2S. The van der Waals surface area contributed by atoms with E-state index in [4.69, 9.17) is 9.63 Å². The molecule has 0 aliphatic heterocycles. The molecular weight excluding hydrogens is 212 g/mol. The third-order valence-corrected chi connectivity index (χ3v) is 3.66. The van der Waals surface area contributed by atoms with Crippen molar-refractivity contribution in [2.75, 3.05) is 6.61 Å². The van der Waals surface area contributed by atoms with E-state index in [0.29, 0.717) is 11.8 Å². The highest BCUT2D eigenvalue weighted by molar-refractivity contribution is 8.00. The highest BCUT2D eigenvalue weighted by Crippen LogP contribution is 2.39. The molecule has 0 bridgehead atoms. The molecule has 0 radical (unpaired) electrons. The van der Waals surface area contributed by atoms with Crippen molar-refractivity contribution in [3.05, 3.63) is 11.7 Å². The van der Waals surface area contributed by atoms with E-state index in [1.165, 1.54) is 12.8 Å². The van der Waals surface area contributed by atoms with Crippen LogP contribution in [0.1, 0.15) is 49.6 Å². The van der Waals surface area contributed by atoms with Gasteiger partial charge in [-0.3, -0.25) is 0 Å². The third-order valence-electron chi connectivity index (χ3n) is 2.44. The number of thioether (sulfide) groups is 1. The number of aliphatic hydroxyl groups is 1. The zero-order chi connectivity index (χ0) is 10.8. The summed E-state index contributed by atoms with van der Waals surface area (Å²) in [6.45, 7) is 4.19. The van der Waals surface area contributed by atoms with Gasteiger partial charge in [-0.2, -0.15) is 4.98 Å². The van der Waals surface area contributed by atoms with Gasteiger partial charge in [0.1, 0.15) is 0 Å². The Hall–Kier alpha value is -0.550. The van der Waals surface area contributed by atoms with Crippen molar-refractivity contribution in [2.45, 2.75) is 43.1 Å². The molecule has 84 valence electrons. The van der Waals surface area contributed by atoms with Crippen LogP contribution in [-0.2, 0) is 0 Å². The Balaban J connectivity index is 1.95. The van der Waals surface area contributed by atoms with E-state index in [-0.39, 0.29) is 17.1 Å². The van der Waals surface area contributed by atoms with Crippen LogP contribution in [0.4, 0.5) is 0 Å². The molecule has 0 spiro atoms. The largest absolute Gasteiger partial charge is 0.395 e. The van der Waals surface area contributed by atoms with Gasteiger partial charge in [-0.25, -0.2) is 0 Å². The number of aromatic nitrogens is 2. The van der Waals surface area contributed by atoms with Gasteiger partial charge >= 0.3 is 0 Å². The minimum absolute atomic E-state index is 0.159. The molecule has 1 aromatic rings. The summed E-state index contributed by atoms with van der Waals surface area (Å²) in [5, 5.41) is 13.3. The number of nitrogens with zero attached hydrogens (tertiary/aromatic N) is 2. The monoisotopic (exact) mass is 228 g/mol. The van der Waals surface area contributed by atoms with Crippen LogP contribution < -0.4 is 0 Å². The molecule has 5 heteroatoms. The predicted molar refractivity (Wildman–Crippen MR) is 58.8 cm³/mol. The summed E-state index contributed by atoms with van der Waals surface area (Å²) in [7, 11) is 0. The van der Waals surface area contributed by atoms with E-state index in [2.05, 4.69) is 10.1 Å². The average molecular weight is 228 g/mol. The van der Waals surface area contributed by atoms with Crippen LogP contribution in [0.2, 0.25) is 0 Å². The zero-order valence-corrected chi connectivity index (χ0v) is 9.83. The summed E-state index contributed by atoms with van der Waals surface area (Å²) in [5.74, 6) is 2.08. The van der Waals surface area contributed by atoms with Crippen molar-refractivity contribution in [3.8, 4) is 0 Å². The maximum absolute atomic E-state index is 8.95. The molecule has 0 saturated heterocycles. The van der Waals surface area contributed by atoms with E-state index in [9.17, 15) is 0 Å². The second-order valence-electron chi connectivity index (χ2n) is 4.04. The summed E-state index contributed by atoms with van der Waals surface area (Å²) >= 11 is 1.65. The predicted octanol–water partition coefficient (Wildman–Crippen LogP) is 2.12. The number of rotatable bonds is 5. The van der Waals surface area contributed by atoms with Gasteiger partial charge in [0.25, 0.3) is 0 Å². The highest BCUT2D eigenvalue weighted by atomic mass is 32.2. The van der Waals surface area contributed by atoms with Crippen LogP contribution in [0.25, 0.3) is 0 Å². The minimum atomic E-state index is 0.159. The van der Waals surface area contributed by atoms with Crippen LogP contribution in [0.3, 0.4) is 0 Å². The average Bonchev–Trinajstić information content (AvgIpc) is 2.96. The molecule has 0 unspecified atom stereocenters. The fraction of sp³-hybridized carbons (Fsp3) is 0.800. The van der Waals surface area contributed by atoms with E-state index < -0.39 is 0 Å². The summed E-state index contributed by atoms with van der Waals surface area (Å²) in [6, 6.07) is 0. The number of hydrogen-bond donors (Lipinski definition) is 1. The van der Waals surface area contributed by atoms with E-state index in [1.807, 2.05) is 13.8 Å². The van der Waals surface area contributed by atoms with Crippen molar-refractivity contribution in [1.29, 1.82) is 0 Å². The van der Waals surface area contributed by atoms with E-state index >= 15 is 0 Å². The van der Waals surface area contributed by atoms with Crippen LogP contribution >= 0.6 is 11.8 Å². The van der Waals surface area contributed by atoms with E-state index in [1.54, 1.807) is 11.8 Å². The standard InChI is InChI=1S/C10H16N2O2S/c1-6(5-13)15-7(2)10-11-9(12-14-10)8-3-4-8/h6-8,13H,3-5H2,1-2H3/t6-,7+/m0/s1. The molecule has 1 heterocycles. The summed E-state index contributed by atoms with van der Waals surface area (Å²) in [6.07, 6.45) is 2.38. The van der Waals surface area contributed by atoms with Crippen molar-refractivity contribution in [3.63, 3.8) is 0 Å². The van der Waals surface area contributed by atoms with Gasteiger partial charge < -0.3 is 9.63 Å². The second kappa shape index (κ2) is 4.53. The Labute approximate surface area is 93.4 Å². The van der Waals surface area contributed by atoms with E-state index in [0.717, 1.165) is 5.82 Å². The van der Waals surface area contributed by atoms with Crippen LogP contribution in [0.5, 0.6) is 0 Å². The fourth-order valence-corrected chi connectivity index (χ4v) is 2.36. The molecule has 1 N–H and O–H groups in total. The van der Waals surface area contributed by atoms with Crippen LogP contribution in [-0.4, -0.2) is 27.1 Å². The lowest BCUT2D eigenvalue weighted by Crippen LogP contribution is -2.05. The van der Waals surface area contributed by atoms with Crippen molar-refractivity contribution in [2.24, 2.45) is 0 Å². The molecule has 2 atom stereocenters. The summed E-state index contributed by atoms with van der Waals surface area (Å²) < 4.78 is 5.21. The Morgan fingerprint density at radius 1 is 1.53 bits per heavy atom. The molecule has 1 fully saturated rings. The first-order valence-electron chi connectivity index (χ1n) is 5.30. The van der Waals surface area contributed by atoms with Gasteiger partial charge in [0.05, 0.1) is 11.9 Å². The van der Waals surface area contributed by atoms with Crippen LogP contribution in [0.15, 0.2) is 4.52 Å². The number of hydrogen-bond acceptors (Lipinski definition) is 5. The van der Waals surface area contributed by atoms with Crippen molar-refractivity contribution in [1.82, 2.24) is 10.1 Å². The molecule has 4 nitrogen and oxygen atoms in total. The lowest BCUT2D eigenvalue weighted by molar-refractivity contribution is 0.299. The van der Waals surface area contributed by atoms with Gasteiger partial charge in [-0.05, 0) is 19.8 Å². The molecule has 1 aliphatic carbocycles. The Kier molecular flexibility index (Phi) is 3.31. The van der Waals surface area contributed by atoms with Crippen LogP contribution in [0, 0.1) is 0 Å². The third kappa shape index (κ3) is 2.72. The number of aliphatic hydroxyl groups excluding tert-OH is 1. The van der Waals surface area contributed by atoms with Gasteiger partial charge in [-0.15, -0.1) is 11.8 Å². The maximum atomic E-state index is 8.95. The van der Waals surface area contributed by atoms with Gasteiger partial charge in [0.2, 0.25) is 5.89 Å². The molecule has 1 aromatic heterocycles. The van der Waals surface area contributed by atoms with Gasteiger partial charge in [0.15, 0.2) is 5.82 Å². The van der Waals surface area contributed by atoms with Crippen molar-refractivity contribution < 1.29 is 9.63 Å². The minimum Gasteiger partial charge on any atom is -0.395 e. The maximum Gasteiger partial charge on any atom is 0.239 e. The fourth-order valence-electron chi connectivity index (χ4n) is 1.37. The SMILES string of the molecule is C[C@@H](CO)S[C@H](C)c1nc(C2CC2)no1. The lowest BCUT2D eigenvalue weighted by Gasteiger charge is -2.10. The topological polar surface area (TPSA) is 59.2 Å². The Morgan fingerprint density at radius 2 is 2.27 bits per heavy atom. The molecule has 15 heavy (non-hydrogen) atoms. The lowest BCUT2D eigenvalue weighted by atomic mass is 10.4.